The van der Waals surface area contributed by atoms with Crippen LogP contribution in [-0.2, 0) is 10.2 Å². The van der Waals surface area contributed by atoms with Crippen LogP contribution in [0.4, 0.5) is 10.5 Å². The van der Waals surface area contributed by atoms with Gasteiger partial charge in [0.2, 0.25) is 0 Å². The zero-order chi connectivity index (χ0) is 14.5. The fourth-order valence-electron chi connectivity index (χ4n) is 3.76. The SMILES string of the molecule is COC(=O)Oc1ccc2c(c1)[C@]1(C)CCN(C)[C@@H]1N2C. The summed E-state index contributed by atoms with van der Waals surface area (Å²) in [6.07, 6.45) is 0.792. The van der Waals surface area contributed by atoms with E-state index >= 15 is 0 Å². The Morgan fingerprint density at radius 2 is 2.15 bits per heavy atom. The van der Waals surface area contributed by atoms with Gasteiger partial charge in [-0.3, -0.25) is 4.90 Å². The maximum absolute atomic E-state index is 11.2. The van der Waals surface area contributed by atoms with Gasteiger partial charge in [0.05, 0.1) is 13.3 Å². The van der Waals surface area contributed by atoms with Gasteiger partial charge in [0.25, 0.3) is 0 Å². The number of fused-ring (bicyclic) bond motifs is 3. The maximum Gasteiger partial charge on any atom is 0.513 e. The minimum atomic E-state index is -0.679. The predicted octanol–water partition coefficient (Wildman–Crippen LogP) is 2.20. The molecule has 2 aliphatic rings. The molecule has 0 aromatic heterocycles. The Morgan fingerprint density at radius 3 is 2.85 bits per heavy atom. The number of hydrogen-bond acceptors (Lipinski definition) is 5. The lowest BCUT2D eigenvalue weighted by atomic mass is 9.81. The van der Waals surface area contributed by atoms with Crippen molar-refractivity contribution in [1.82, 2.24) is 4.90 Å². The minimum Gasteiger partial charge on any atom is -0.437 e. The summed E-state index contributed by atoms with van der Waals surface area (Å²) in [5.41, 5.74) is 2.53. The van der Waals surface area contributed by atoms with Gasteiger partial charge >= 0.3 is 6.16 Å². The highest BCUT2D eigenvalue weighted by Gasteiger charge is 2.52. The van der Waals surface area contributed by atoms with Crippen molar-refractivity contribution in [2.45, 2.75) is 24.9 Å². The van der Waals surface area contributed by atoms with E-state index < -0.39 is 6.16 Å². The number of carbonyl (C=O) groups is 1. The molecule has 0 radical (unpaired) electrons. The van der Waals surface area contributed by atoms with E-state index in [2.05, 4.69) is 35.6 Å². The fraction of sp³-hybridized carbons (Fsp3) is 0.533. The van der Waals surface area contributed by atoms with Crippen molar-refractivity contribution in [2.75, 3.05) is 32.6 Å². The van der Waals surface area contributed by atoms with Crippen LogP contribution in [0.1, 0.15) is 18.9 Å². The summed E-state index contributed by atoms with van der Waals surface area (Å²) in [6, 6.07) is 5.81. The number of likely N-dealkylation sites (tertiary alicyclic amines) is 1. The summed E-state index contributed by atoms with van der Waals surface area (Å²) in [5, 5.41) is 0. The van der Waals surface area contributed by atoms with Crippen LogP contribution in [0.2, 0.25) is 0 Å². The van der Waals surface area contributed by atoms with Crippen molar-refractivity contribution < 1.29 is 14.3 Å². The van der Waals surface area contributed by atoms with Crippen LogP contribution in [0.15, 0.2) is 18.2 Å². The molecule has 1 aromatic carbocycles. The summed E-state index contributed by atoms with van der Waals surface area (Å²) >= 11 is 0. The molecule has 0 unspecified atom stereocenters. The van der Waals surface area contributed by atoms with E-state index in [1.54, 1.807) is 0 Å². The quantitative estimate of drug-likeness (QED) is 0.581. The highest BCUT2D eigenvalue weighted by atomic mass is 16.7. The minimum absolute atomic E-state index is 0.0777. The maximum atomic E-state index is 11.2. The zero-order valence-electron chi connectivity index (χ0n) is 12.3. The molecule has 0 spiro atoms. The summed E-state index contributed by atoms with van der Waals surface area (Å²) in [4.78, 5) is 15.9. The molecule has 1 aromatic rings. The largest absolute Gasteiger partial charge is 0.513 e. The monoisotopic (exact) mass is 276 g/mol. The fourth-order valence-corrected chi connectivity index (χ4v) is 3.76. The van der Waals surface area contributed by atoms with Crippen LogP contribution in [0, 0.1) is 0 Å². The molecule has 1 fully saturated rings. The number of anilines is 1. The number of methoxy groups -OCH3 is 1. The van der Waals surface area contributed by atoms with Crippen LogP contribution < -0.4 is 9.64 Å². The Morgan fingerprint density at radius 1 is 1.40 bits per heavy atom. The van der Waals surface area contributed by atoms with Crippen molar-refractivity contribution in [3.63, 3.8) is 0 Å². The third-order valence-corrected chi connectivity index (χ3v) is 4.67. The van der Waals surface area contributed by atoms with Gasteiger partial charge in [-0.25, -0.2) is 4.79 Å². The lowest BCUT2D eigenvalue weighted by Gasteiger charge is -2.32. The van der Waals surface area contributed by atoms with Gasteiger partial charge in [0.1, 0.15) is 5.75 Å². The van der Waals surface area contributed by atoms with Crippen molar-refractivity contribution in [2.24, 2.45) is 0 Å². The summed E-state index contributed by atoms with van der Waals surface area (Å²) in [7, 11) is 5.59. The Bertz CT molecular complexity index is 560. The van der Waals surface area contributed by atoms with Crippen LogP contribution in [0.5, 0.6) is 5.75 Å². The molecule has 1 saturated heterocycles. The van der Waals surface area contributed by atoms with Gasteiger partial charge in [-0.15, -0.1) is 0 Å². The molecule has 5 heteroatoms. The van der Waals surface area contributed by atoms with E-state index in [-0.39, 0.29) is 5.41 Å². The Labute approximate surface area is 119 Å². The van der Waals surface area contributed by atoms with Gasteiger partial charge in [-0.1, -0.05) is 6.92 Å². The van der Waals surface area contributed by atoms with Crippen molar-refractivity contribution in [1.29, 1.82) is 0 Å². The second-order valence-corrected chi connectivity index (χ2v) is 5.87. The first-order chi connectivity index (χ1) is 9.47. The lowest BCUT2D eigenvalue weighted by molar-refractivity contribution is 0.121. The van der Waals surface area contributed by atoms with Crippen molar-refractivity contribution >= 4 is 11.8 Å². The molecule has 108 valence electrons. The number of benzene rings is 1. The van der Waals surface area contributed by atoms with Crippen LogP contribution in [-0.4, -0.2) is 45.0 Å². The van der Waals surface area contributed by atoms with Gasteiger partial charge in [-0.05, 0) is 37.2 Å². The molecule has 0 saturated carbocycles. The predicted molar refractivity (Wildman–Crippen MR) is 76.3 cm³/mol. The number of likely N-dealkylation sites (N-methyl/N-ethyl adjacent to an activating group) is 2. The van der Waals surface area contributed by atoms with E-state index in [0.29, 0.717) is 11.9 Å². The van der Waals surface area contributed by atoms with Crippen LogP contribution >= 0.6 is 0 Å². The van der Waals surface area contributed by atoms with Crippen molar-refractivity contribution in [3.05, 3.63) is 23.8 Å². The second-order valence-electron chi connectivity index (χ2n) is 5.87. The number of nitrogens with zero attached hydrogens (tertiary/aromatic N) is 2. The molecule has 0 amide bonds. The van der Waals surface area contributed by atoms with E-state index in [4.69, 9.17) is 4.74 Å². The summed E-state index contributed by atoms with van der Waals surface area (Å²) in [6.45, 7) is 3.36. The van der Waals surface area contributed by atoms with Crippen LogP contribution in [0.25, 0.3) is 0 Å². The molecule has 20 heavy (non-hydrogen) atoms. The van der Waals surface area contributed by atoms with Crippen LogP contribution in [0.3, 0.4) is 0 Å². The molecule has 0 N–H and O–H groups in total. The molecule has 2 atom stereocenters. The van der Waals surface area contributed by atoms with E-state index in [0.717, 1.165) is 13.0 Å². The number of carbonyl (C=O) groups excluding carboxylic acids is 1. The van der Waals surface area contributed by atoms with E-state index in [1.165, 1.54) is 18.4 Å². The lowest BCUT2D eigenvalue weighted by Crippen LogP contribution is -2.45. The Hall–Kier alpha value is -1.75. The van der Waals surface area contributed by atoms with Crippen molar-refractivity contribution in [3.8, 4) is 5.75 Å². The van der Waals surface area contributed by atoms with Gasteiger partial charge in [0.15, 0.2) is 0 Å². The Kier molecular flexibility index (Phi) is 2.90. The molecule has 2 heterocycles. The molecular formula is C15H20N2O3. The zero-order valence-corrected chi connectivity index (χ0v) is 12.3. The number of rotatable bonds is 1. The van der Waals surface area contributed by atoms with Gasteiger partial charge in [-0.2, -0.15) is 0 Å². The molecule has 0 bridgehead atoms. The second kappa shape index (κ2) is 4.38. The Balaban J connectivity index is 2.00. The summed E-state index contributed by atoms with van der Waals surface area (Å²) in [5.74, 6) is 0.542. The average Bonchev–Trinajstić information content (AvgIpc) is 2.85. The number of hydrogen-bond donors (Lipinski definition) is 0. The van der Waals surface area contributed by atoms with Gasteiger partial charge in [0, 0.05) is 24.7 Å². The third-order valence-electron chi connectivity index (χ3n) is 4.67. The highest BCUT2D eigenvalue weighted by Crippen LogP contribution is 2.51. The summed E-state index contributed by atoms with van der Waals surface area (Å²) < 4.78 is 9.69. The standard InChI is InChI=1S/C15H20N2O3/c1-15-7-8-16(2)13(15)17(3)12-6-5-10(9-11(12)15)20-14(18)19-4/h5-6,9,13H,7-8H2,1-4H3/t13-,15+/m1/s1. The number of ether oxygens (including phenoxy) is 2. The molecule has 3 rings (SSSR count). The topological polar surface area (TPSA) is 42.0 Å². The third kappa shape index (κ3) is 1.69. The molecule has 0 aliphatic carbocycles. The first kappa shape index (κ1) is 13.2. The molecule has 5 nitrogen and oxygen atoms in total. The first-order valence-electron chi connectivity index (χ1n) is 6.81. The van der Waals surface area contributed by atoms with E-state index in [9.17, 15) is 4.79 Å². The van der Waals surface area contributed by atoms with Gasteiger partial charge < -0.3 is 14.4 Å². The normalized spacial score (nSPS) is 28.2. The van der Waals surface area contributed by atoms with E-state index in [1.807, 2.05) is 18.2 Å². The first-order valence-corrected chi connectivity index (χ1v) is 6.81. The molecular weight excluding hydrogens is 256 g/mol. The average molecular weight is 276 g/mol. The smallest absolute Gasteiger partial charge is 0.437 e. The molecule has 2 aliphatic heterocycles. The highest BCUT2D eigenvalue weighted by molar-refractivity contribution is 5.69.